The Bertz CT molecular complexity index is 929. The van der Waals surface area contributed by atoms with Gasteiger partial charge in [-0.05, 0) is 56.2 Å². The normalized spacial score (nSPS) is 10.6. The second-order valence-electron chi connectivity index (χ2n) is 6.07. The van der Waals surface area contributed by atoms with E-state index in [-0.39, 0.29) is 5.91 Å². The molecule has 0 bridgehead atoms. The van der Waals surface area contributed by atoms with Gasteiger partial charge in [-0.2, -0.15) is 0 Å². The largest absolute Gasteiger partial charge is 0.487 e. The summed E-state index contributed by atoms with van der Waals surface area (Å²) in [5.74, 6) is 0.392. The minimum absolute atomic E-state index is 0.228. The standard InChI is InChI=1S/C20H19ClN2O2S/c1-12-7-13(2)19(18(21)8-12)23-20(24)15-5-4-6-17(9-15)25-10-16-11-26-14(3)22-16/h4-9,11H,10H2,1-3H3,(H,23,24). The molecule has 4 nitrogen and oxygen atoms in total. The highest BCUT2D eigenvalue weighted by molar-refractivity contribution is 7.09. The summed E-state index contributed by atoms with van der Waals surface area (Å²) in [7, 11) is 0. The molecule has 1 amide bonds. The van der Waals surface area contributed by atoms with Crippen molar-refractivity contribution in [3.63, 3.8) is 0 Å². The van der Waals surface area contributed by atoms with Crippen LogP contribution in [0.15, 0.2) is 41.8 Å². The van der Waals surface area contributed by atoms with Crippen LogP contribution in [0.3, 0.4) is 0 Å². The number of hydrogen-bond donors (Lipinski definition) is 1. The Balaban J connectivity index is 1.72. The van der Waals surface area contributed by atoms with Gasteiger partial charge in [0.15, 0.2) is 0 Å². The van der Waals surface area contributed by atoms with Gasteiger partial charge in [0, 0.05) is 10.9 Å². The fourth-order valence-corrected chi connectivity index (χ4v) is 3.58. The van der Waals surface area contributed by atoms with Crippen molar-refractivity contribution in [2.24, 2.45) is 0 Å². The van der Waals surface area contributed by atoms with Crippen molar-refractivity contribution in [3.8, 4) is 5.75 Å². The van der Waals surface area contributed by atoms with Crippen molar-refractivity contribution in [1.82, 2.24) is 4.98 Å². The van der Waals surface area contributed by atoms with Gasteiger partial charge >= 0.3 is 0 Å². The lowest BCUT2D eigenvalue weighted by Gasteiger charge is -2.12. The van der Waals surface area contributed by atoms with E-state index >= 15 is 0 Å². The maximum absolute atomic E-state index is 12.6. The van der Waals surface area contributed by atoms with E-state index in [1.807, 2.05) is 44.4 Å². The van der Waals surface area contributed by atoms with E-state index in [0.29, 0.717) is 28.6 Å². The monoisotopic (exact) mass is 386 g/mol. The average Bonchev–Trinajstić information content (AvgIpc) is 3.02. The Kier molecular flexibility index (Phi) is 5.59. The van der Waals surface area contributed by atoms with E-state index in [1.54, 1.807) is 29.5 Å². The van der Waals surface area contributed by atoms with Crippen LogP contribution in [0.2, 0.25) is 5.02 Å². The molecular formula is C20H19ClN2O2S. The summed E-state index contributed by atoms with van der Waals surface area (Å²) < 4.78 is 5.75. The molecule has 0 saturated heterocycles. The number of nitrogens with zero attached hydrogens (tertiary/aromatic N) is 1. The molecule has 0 aliphatic rings. The smallest absolute Gasteiger partial charge is 0.255 e. The molecule has 0 spiro atoms. The van der Waals surface area contributed by atoms with Crippen LogP contribution < -0.4 is 10.1 Å². The molecule has 26 heavy (non-hydrogen) atoms. The number of benzene rings is 2. The molecule has 0 unspecified atom stereocenters. The summed E-state index contributed by atoms with van der Waals surface area (Å²) in [4.78, 5) is 17.0. The van der Waals surface area contributed by atoms with Gasteiger partial charge in [0.25, 0.3) is 5.91 Å². The van der Waals surface area contributed by atoms with E-state index in [0.717, 1.165) is 21.8 Å². The highest BCUT2D eigenvalue weighted by Gasteiger charge is 2.12. The number of ether oxygens (including phenoxy) is 1. The Hall–Kier alpha value is -2.37. The predicted octanol–water partition coefficient (Wildman–Crippen LogP) is 5.55. The molecule has 0 radical (unpaired) electrons. The Morgan fingerprint density at radius 2 is 2.04 bits per heavy atom. The molecule has 1 aromatic heterocycles. The van der Waals surface area contributed by atoms with Gasteiger partial charge in [0.05, 0.1) is 21.4 Å². The number of hydrogen-bond acceptors (Lipinski definition) is 4. The Labute approximate surface area is 161 Å². The Morgan fingerprint density at radius 1 is 1.23 bits per heavy atom. The second kappa shape index (κ2) is 7.89. The van der Waals surface area contributed by atoms with E-state index in [2.05, 4.69) is 10.3 Å². The van der Waals surface area contributed by atoms with E-state index < -0.39 is 0 Å². The minimum Gasteiger partial charge on any atom is -0.487 e. The quantitative estimate of drug-likeness (QED) is 0.625. The summed E-state index contributed by atoms with van der Waals surface area (Å²) in [6.07, 6.45) is 0. The van der Waals surface area contributed by atoms with Crippen molar-refractivity contribution < 1.29 is 9.53 Å². The van der Waals surface area contributed by atoms with Gasteiger partial charge in [0.1, 0.15) is 12.4 Å². The fourth-order valence-electron chi connectivity index (χ4n) is 2.62. The third-order valence-electron chi connectivity index (χ3n) is 3.82. The van der Waals surface area contributed by atoms with Crippen molar-refractivity contribution in [2.45, 2.75) is 27.4 Å². The zero-order chi connectivity index (χ0) is 18.7. The molecular weight excluding hydrogens is 368 g/mol. The maximum Gasteiger partial charge on any atom is 0.255 e. The number of thiazole rings is 1. The SMILES string of the molecule is Cc1cc(C)c(NC(=O)c2cccc(OCc3csc(C)n3)c2)c(Cl)c1. The summed E-state index contributed by atoms with van der Waals surface area (Å²) >= 11 is 7.86. The molecule has 3 aromatic rings. The number of carbonyl (C=O) groups excluding carboxylic acids is 1. The number of rotatable bonds is 5. The molecule has 3 rings (SSSR count). The number of anilines is 1. The third-order valence-corrected chi connectivity index (χ3v) is 4.94. The fraction of sp³-hybridized carbons (Fsp3) is 0.200. The lowest BCUT2D eigenvalue weighted by molar-refractivity contribution is 0.102. The van der Waals surface area contributed by atoms with E-state index in [9.17, 15) is 4.79 Å². The number of aromatic nitrogens is 1. The van der Waals surface area contributed by atoms with Gasteiger partial charge in [-0.1, -0.05) is 23.7 Å². The minimum atomic E-state index is -0.228. The van der Waals surface area contributed by atoms with Crippen molar-refractivity contribution >= 4 is 34.5 Å². The van der Waals surface area contributed by atoms with E-state index in [4.69, 9.17) is 16.3 Å². The summed E-state index contributed by atoms with van der Waals surface area (Å²) in [6.45, 7) is 6.22. The first-order chi connectivity index (χ1) is 12.4. The van der Waals surface area contributed by atoms with Gasteiger partial charge in [-0.25, -0.2) is 4.98 Å². The van der Waals surface area contributed by atoms with Gasteiger partial charge in [-0.15, -0.1) is 11.3 Å². The van der Waals surface area contributed by atoms with E-state index in [1.165, 1.54) is 0 Å². The van der Waals surface area contributed by atoms with Crippen LogP contribution in [0.4, 0.5) is 5.69 Å². The van der Waals surface area contributed by atoms with Crippen LogP contribution in [0, 0.1) is 20.8 Å². The van der Waals surface area contributed by atoms with Crippen LogP contribution in [0.5, 0.6) is 5.75 Å². The van der Waals surface area contributed by atoms with Crippen molar-refractivity contribution in [1.29, 1.82) is 0 Å². The molecule has 1 N–H and O–H groups in total. The molecule has 0 aliphatic carbocycles. The predicted molar refractivity (Wildman–Crippen MR) is 107 cm³/mol. The van der Waals surface area contributed by atoms with Gasteiger partial charge in [0.2, 0.25) is 0 Å². The van der Waals surface area contributed by atoms with Gasteiger partial charge < -0.3 is 10.1 Å². The topological polar surface area (TPSA) is 51.2 Å². The number of aryl methyl sites for hydroxylation is 3. The lowest BCUT2D eigenvalue weighted by atomic mass is 10.1. The summed E-state index contributed by atoms with van der Waals surface area (Å²) in [6, 6.07) is 10.9. The molecule has 1 heterocycles. The number of nitrogens with one attached hydrogen (secondary N) is 1. The second-order valence-corrected chi connectivity index (χ2v) is 7.54. The number of carbonyl (C=O) groups is 1. The molecule has 6 heteroatoms. The highest BCUT2D eigenvalue weighted by atomic mass is 35.5. The van der Waals surface area contributed by atoms with Gasteiger partial charge in [-0.3, -0.25) is 4.79 Å². The molecule has 0 atom stereocenters. The first-order valence-electron chi connectivity index (χ1n) is 8.14. The number of amides is 1. The molecule has 134 valence electrons. The molecule has 0 aliphatic heterocycles. The lowest BCUT2D eigenvalue weighted by Crippen LogP contribution is -2.13. The summed E-state index contributed by atoms with van der Waals surface area (Å²) in [5.41, 5.74) is 4.00. The first kappa shape index (κ1) is 18.4. The average molecular weight is 387 g/mol. The molecule has 0 fully saturated rings. The van der Waals surface area contributed by atoms with Crippen LogP contribution in [0.25, 0.3) is 0 Å². The van der Waals surface area contributed by atoms with Crippen LogP contribution in [0.1, 0.15) is 32.2 Å². The Morgan fingerprint density at radius 3 is 2.73 bits per heavy atom. The zero-order valence-corrected chi connectivity index (χ0v) is 16.4. The molecule has 0 saturated carbocycles. The van der Waals surface area contributed by atoms with Crippen LogP contribution in [-0.4, -0.2) is 10.9 Å². The first-order valence-corrected chi connectivity index (χ1v) is 9.40. The third kappa shape index (κ3) is 4.42. The highest BCUT2D eigenvalue weighted by Crippen LogP contribution is 2.28. The van der Waals surface area contributed by atoms with Crippen molar-refractivity contribution in [3.05, 3.63) is 74.2 Å². The number of halogens is 1. The molecule has 2 aromatic carbocycles. The zero-order valence-electron chi connectivity index (χ0n) is 14.8. The summed E-state index contributed by atoms with van der Waals surface area (Å²) in [5, 5.41) is 6.39. The van der Waals surface area contributed by atoms with Crippen LogP contribution >= 0.6 is 22.9 Å². The maximum atomic E-state index is 12.6. The van der Waals surface area contributed by atoms with Crippen LogP contribution in [-0.2, 0) is 6.61 Å². The van der Waals surface area contributed by atoms with Crippen molar-refractivity contribution in [2.75, 3.05) is 5.32 Å².